The van der Waals surface area contributed by atoms with Gasteiger partial charge in [-0.1, -0.05) is 43.9 Å². The van der Waals surface area contributed by atoms with Gasteiger partial charge in [-0.2, -0.15) is 5.06 Å². The Labute approximate surface area is 205 Å². The molecule has 10 heteroatoms. The van der Waals surface area contributed by atoms with Crippen LogP contribution in [-0.4, -0.2) is 67.2 Å². The van der Waals surface area contributed by atoms with E-state index < -0.39 is 7.60 Å². The minimum Gasteiger partial charge on any atom is -0.479 e. The van der Waals surface area contributed by atoms with E-state index in [-0.39, 0.29) is 30.4 Å². The highest BCUT2D eigenvalue weighted by atomic mass is 32.2. The predicted octanol–water partition coefficient (Wildman–Crippen LogP) is 6.25. The van der Waals surface area contributed by atoms with Crippen molar-refractivity contribution in [3.05, 3.63) is 0 Å². The number of thiocarbonyl (C=S) groups is 1. The SMILES string of the molecule is CCOC(=S)SC(CCCCCCCCN(C)OC)CCC(=O)CP(=O)(OCC)OCC. The fraction of sp³-hybridized carbons (Fsp3) is 0.909. The second kappa shape index (κ2) is 20.4. The van der Waals surface area contributed by atoms with Crippen LogP contribution in [0.25, 0.3) is 0 Å². The molecule has 0 N–H and O–H groups in total. The van der Waals surface area contributed by atoms with Crippen LogP contribution in [0.15, 0.2) is 0 Å². The van der Waals surface area contributed by atoms with E-state index in [0.717, 1.165) is 32.2 Å². The minimum atomic E-state index is -3.34. The molecule has 0 saturated heterocycles. The molecule has 0 aliphatic rings. The summed E-state index contributed by atoms with van der Waals surface area (Å²) in [5.74, 6) is -0.0933. The highest BCUT2D eigenvalue weighted by Crippen LogP contribution is 2.48. The van der Waals surface area contributed by atoms with E-state index in [1.807, 2.05) is 19.0 Å². The number of hydrogen-bond donors (Lipinski definition) is 0. The van der Waals surface area contributed by atoms with Crippen molar-refractivity contribution in [1.82, 2.24) is 5.06 Å². The number of hydrogen-bond acceptors (Lipinski definition) is 9. The number of nitrogens with zero attached hydrogens (tertiary/aromatic N) is 1. The molecule has 0 aliphatic carbocycles. The summed E-state index contributed by atoms with van der Waals surface area (Å²) >= 11 is 6.84. The van der Waals surface area contributed by atoms with Gasteiger partial charge in [-0.05, 0) is 52.3 Å². The second-order valence-electron chi connectivity index (χ2n) is 7.55. The second-order valence-corrected chi connectivity index (χ2v) is 11.5. The topological polar surface area (TPSA) is 74.3 Å². The monoisotopic (exact) mass is 513 g/mol. The molecule has 0 bridgehead atoms. The van der Waals surface area contributed by atoms with Crippen LogP contribution in [0.2, 0.25) is 0 Å². The van der Waals surface area contributed by atoms with E-state index >= 15 is 0 Å². The zero-order valence-corrected chi connectivity index (χ0v) is 23.2. The molecule has 0 spiro atoms. The molecule has 32 heavy (non-hydrogen) atoms. The highest BCUT2D eigenvalue weighted by molar-refractivity contribution is 8.23. The standard InChI is InChI=1S/C22H44NO6PS2/c1-6-27-22(31)32-21(15-13-11-9-10-12-14-18-23(4)26-5)17-16-20(24)19-30(25,28-7-2)29-8-3/h21H,6-19H2,1-5H3. The average Bonchev–Trinajstić information content (AvgIpc) is 2.73. The first-order valence-corrected chi connectivity index (χ1v) is 14.8. The molecule has 0 radical (unpaired) electrons. The molecule has 0 rings (SSSR count). The van der Waals surface area contributed by atoms with Gasteiger partial charge in [0.25, 0.3) is 0 Å². The van der Waals surface area contributed by atoms with Gasteiger partial charge in [0.2, 0.25) is 4.38 Å². The molecule has 0 aromatic rings. The summed E-state index contributed by atoms with van der Waals surface area (Å²) in [6.07, 6.45) is 8.85. The maximum atomic E-state index is 12.6. The lowest BCUT2D eigenvalue weighted by Gasteiger charge is -2.18. The van der Waals surface area contributed by atoms with Crippen molar-refractivity contribution in [2.75, 3.05) is 46.7 Å². The Morgan fingerprint density at radius 3 is 2.12 bits per heavy atom. The first kappa shape index (κ1) is 32.0. The number of Topliss-reactive ketones (excluding diaryl/α,β-unsaturated/α-hetero) is 1. The Morgan fingerprint density at radius 1 is 0.969 bits per heavy atom. The van der Waals surface area contributed by atoms with Gasteiger partial charge in [0, 0.05) is 25.3 Å². The Morgan fingerprint density at radius 2 is 1.56 bits per heavy atom. The number of ketones is 1. The van der Waals surface area contributed by atoms with Crippen molar-refractivity contribution < 1.29 is 28.0 Å². The summed E-state index contributed by atoms with van der Waals surface area (Å²) in [7, 11) is 0.297. The first-order valence-electron chi connectivity index (χ1n) is 11.8. The van der Waals surface area contributed by atoms with Crippen molar-refractivity contribution in [2.24, 2.45) is 0 Å². The van der Waals surface area contributed by atoms with Gasteiger partial charge in [0.05, 0.1) is 26.9 Å². The van der Waals surface area contributed by atoms with Crippen LogP contribution < -0.4 is 0 Å². The lowest BCUT2D eigenvalue weighted by Crippen LogP contribution is -2.17. The van der Waals surface area contributed by atoms with Crippen molar-refractivity contribution in [1.29, 1.82) is 0 Å². The van der Waals surface area contributed by atoms with Gasteiger partial charge in [-0.25, -0.2) is 0 Å². The van der Waals surface area contributed by atoms with Gasteiger partial charge in [0.15, 0.2) is 0 Å². The quantitative estimate of drug-likeness (QED) is 0.0766. The maximum absolute atomic E-state index is 12.6. The summed E-state index contributed by atoms with van der Waals surface area (Å²) in [4.78, 5) is 17.6. The Bertz CT molecular complexity index is 543. The molecule has 0 aliphatic heterocycles. The van der Waals surface area contributed by atoms with Crippen LogP contribution in [-0.2, 0) is 28.0 Å². The van der Waals surface area contributed by atoms with Gasteiger partial charge in [-0.15, -0.1) is 0 Å². The maximum Gasteiger partial charge on any atom is 0.338 e. The van der Waals surface area contributed by atoms with E-state index in [2.05, 4.69) is 0 Å². The van der Waals surface area contributed by atoms with Crippen LogP contribution in [0, 0.1) is 0 Å². The molecule has 0 aromatic carbocycles. The van der Waals surface area contributed by atoms with Gasteiger partial charge in [-0.3, -0.25) is 9.36 Å². The molecule has 0 fully saturated rings. The molecule has 7 nitrogen and oxygen atoms in total. The lowest BCUT2D eigenvalue weighted by molar-refractivity contribution is -0.117. The number of thioether (sulfide) groups is 1. The van der Waals surface area contributed by atoms with Crippen LogP contribution in [0.5, 0.6) is 0 Å². The van der Waals surface area contributed by atoms with Crippen molar-refractivity contribution in [2.45, 2.75) is 83.8 Å². The fourth-order valence-corrected chi connectivity index (χ4v) is 6.33. The van der Waals surface area contributed by atoms with E-state index in [1.165, 1.54) is 31.0 Å². The minimum absolute atomic E-state index is 0.0933. The predicted molar refractivity (Wildman–Crippen MR) is 138 cm³/mol. The van der Waals surface area contributed by atoms with Gasteiger partial charge in [0.1, 0.15) is 11.9 Å². The summed E-state index contributed by atoms with van der Waals surface area (Å²) in [6.45, 7) is 7.42. The van der Waals surface area contributed by atoms with E-state index in [9.17, 15) is 9.36 Å². The lowest BCUT2D eigenvalue weighted by atomic mass is 10.1. The smallest absolute Gasteiger partial charge is 0.338 e. The number of ether oxygens (including phenoxy) is 1. The van der Waals surface area contributed by atoms with E-state index in [0.29, 0.717) is 23.8 Å². The number of rotatable bonds is 21. The zero-order valence-electron chi connectivity index (χ0n) is 20.6. The molecular weight excluding hydrogens is 469 g/mol. The van der Waals surface area contributed by atoms with Crippen LogP contribution in [0.3, 0.4) is 0 Å². The number of carbonyl (C=O) groups is 1. The van der Waals surface area contributed by atoms with Crippen molar-refractivity contribution >= 4 is 41.7 Å². The number of unbranched alkanes of at least 4 members (excludes halogenated alkanes) is 5. The van der Waals surface area contributed by atoms with Crippen LogP contribution >= 0.6 is 31.6 Å². The zero-order chi connectivity index (χ0) is 24.2. The normalized spacial score (nSPS) is 12.8. The van der Waals surface area contributed by atoms with Crippen molar-refractivity contribution in [3.63, 3.8) is 0 Å². The molecule has 190 valence electrons. The van der Waals surface area contributed by atoms with E-state index in [1.54, 1.807) is 21.0 Å². The molecule has 0 heterocycles. The van der Waals surface area contributed by atoms with Crippen molar-refractivity contribution in [3.8, 4) is 0 Å². The van der Waals surface area contributed by atoms with Gasteiger partial charge < -0.3 is 18.6 Å². The molecule has 1 atom stereocenters. The molecule has 0 saturated carbocycles. The third kappa shape index (κ3) is 17.5. The molecule has 1 unspecified atom stereocenters. The Hall–Kier alpha value is -0.0200. The van der Waals surface area contributed by atoms with Crippen LogP contribution in [0.4, 0.5) is 0 Å². The number of hydroxylamine groups is 2. The van der Waals surface area contributed by atoms with Crippen LogP contribution in [0.1, 0.15) is 78.6 Å². The third-order valence-corrected chi connectivity index (χ3v) is 8.42. The Kier molecular flexibility index (Phi) is 20.3. The number of carbonyl (C=O) groups excluding carboxylic acids is 1. The first-order chi connectivity index (χ1) is 15.3. The summed E-state index contributed by atoms with van der Waals surface area (Å²) in [6, 6.07) is 0. The summed E-state index contributed by atoms with van der Waals surface area (Å²) in [5, 5.41) is 2.07. The Balaban J connectivity index is 4.40. The van der Waals surface area contributed by atoms with Gasteiger partial charge >= 0.3 is 7.60 Å². The molecular formula is C22H44NO6PS2. The van der Waals surface area contributed by atoms with E-state index in [4.69, 9.17) is 30.8 Å². The third-order valence-electron chi connectivity index (χ3n) is 4.85. The molecule has 0 aromatic heterocycles. The summed E-state index contributed by atoms with van der Waals surface area (Å²) in [5.41, 5.74) is 0. The fourth-order valence-electron chi connectivity index (χ4n) is 3.19. The summed E-state index contributed by atoms with van der Waals surface area (Å²) < 4.78 is 29.0. The largest absolute Gasteiger partial charge is 0.479 e. The molecule has 0 amide bonds. The highest BCUT2D eigenvalue weighted by Gasteiger charge is 2.27. The average molecular weight is 514 g/mol.